The van der Waals surface area contributed by atoms with Crippen LogP contribution < -0.4 is 0 Å². The summed E-state index contributed by atoms with van der Waals surface area (Å²) in [4.78, 5) is 5.52. The van der Waals surface area contributed by atoms with Crippen LogP contribution in [0.5, 0.6) is 0 Å². The molecule has 0 aliphatic rings. The van der Waals surface area contributed by atoms with Gasteiger partial charge in [-0.05, 0) is 27.2 Å². The number of hydrogen-bond donors (Lipinski definition) is 2. The summed E-state index contributed by atoms with van der Waals surface area (Å²) in [6.07, 6.45) is 0.227. The Hall–Kier alpha value is -0.450. The first kappa shape index (κ1) is 12.6. The highest BCUT2D eigenvalue weighted by atomic mass is 32.1. The topological polar surface area (TPSA) is 53.4 Å². The van der Waals surface area contributed by atoms with E-state index in [1.54, 1.807) is 18.3 Å². The summed E-state index contributed by atoms with van der Waals surface area (Å²) in [5.74, 6) is 0. The maximum atomic E-state index is 9.86. The first-order valence-corrected chi connectivity index (χ1v) is 6.01. The van der Waals surface area contributed by atoms with Gasteiger partial charge in [0.1, 0.15) is 0 Å². The van der Waals surface area contributed by atoms with E-state index in [2.05, 4.69) is 4.98 Å². The monoisotopic (exact) mass is 229 g/mol. The average molecular weight is 229 g/mol. The van der Waals surface area contributed by atoms with E-state index >= 15 is 0 Å². The summed E-state index contributed by atoms with van der Waals surface area (Å²) in [6.45, 7) is 7.49. The summed E-state index contributed by atoms with van der Waals surface area (Å²) in [6, 6.07) is 0. The third kappa shape index (κ3) is 3.00. The molecule has 0 aromatic carbocycles. The Balaban J connectivity index is 2.70. The lowest BCUT2D eigenvalue weighted by Gasteiger charge is -2.26. The van der Waals surface area contributed by atoms with E-state index in [9.17, 15) is 10.2 Å². The summed E-state index contributed by atoms with van der Waals surface area (Å²) in [5, 5.41) is 20.6. The normalized spacial score (nSPS) is 17.5. The van der Waals surface area contributed by atoms with E-state index in [-0.39, 0.29) is 0 Å². The predicted molar refractivity (Wildman–Crippen MR) is 62.2 cm³/mol. The summed E-state index contributed by atoms with van der Waals surface area (Å²) in [5.41, 5.74) is -0.00800. The molecule has 1 aromatic heterocycles. The first-order valence-electron chi connectivity index (χ1n) is 5.20. The zero-order valence-electron chi connectivity index (χ0n) is 9.74. The maximum absolute atomic E-state index is 9.86. The summed E-state index contributed by atoms with van der Waals surface area (Å²) >= 11 is 1.59. The van der Waals surface area contributed by atoms with Gasteiger partial charge >= 0.3 is 0 Å². The molecule has 0 aliphatic heterocycles. The second kappa shape index (κ2) is 4.60. The minimum atomic E-state index is -1.02. The van der Waals surface area contributed by atoms with Crippen LogP contribution in [0, 0.1) is 13.8 Å². The molecule has 3 nitrogen and oxygen atoms in total. The van der Waals surface area contributed by atoms with Crippen molar-refractivity contribution >= 4 is 11.3 Å². The van der Waals surface area contributed by atoms with Gasteiger partial charge in [-0.3, -0.25) is 0 Å². The van der Waals surface area contributed by atoms with E-state index in [1.165, 1.54) is 4.88 Å². The second-order valence-electron chi connectivity index (χ2n) is 4.18. The minimum Gasteiger partial charge on any atom is -0.390 e. The zero-order chi connectivity index (χ0) is 11.6. The van der Waals surface area contributed by atoms with Gasteiger partial charge in [0.25, 0.3) is 0 Å². The molecule has 0 bridgehead atoms. The number of rotatable bonds is 4. The molecule has 4 heteroatoms. The number of nitrogens with zero attached hydrogens (tertiary/aromatic N) is 1. The molecule has 1 aromatic rings. The lowest BCUT2D eigenvalue weighted by molar-refractivity contribution is -0.0629. The molecule has 2 atom stereocenters. The molecular formula is C11H19NO2S. The molecule has 1 rings (SSSR count). The summed E-state index contributed by atoms with van der Waals surface area (Å²) < 4.78 is 0. The van der Waals surface area contributed by atoms with Gasteiger partial charge in [-0.25, -0.2) is 4.98 Å². The van der Waals surface area contributed by atoms with Gasteiger partial charge < -0.3 is 10.2 Å². The van der Waals surface area contributed by atoms with E-state index in [1.807, 2.05) is 20.8 Å². The van der Waals surface area contributed by atoms with Crippen LogP contribution in [0.15, 0.2) is 0 Å². The molecular weight excluding hydrogens is 210 g/mol. The van der Waals surface area contributed by atoms with Crippen molar-refractivity contribution in [1.82, 2.24) is 4.98 Å². The first-order chi connectivity index (χ1) is 6.86. The van der Waals surface area contributed by atoms with Gasteiger partial charge in [0.05, 0.1) is 22.4 Å². The molecule has 15 heavy (non-hydrogen) atoms. The van der Waals surface area contributed by atoms with Crippen LogP contribution in [0.25, 0.3) is 0 Å². The third-order valence-corrected chi connectivity index (χ3v) is 3.97. The van der Waals surface area contributed by atoms with Crippen LogP contribution >= 0.6 is 11.3 Å². The fourth-order valence-electron chi connectivity index (χ4n) is 1.25. The molecule has 0 saturated carbocycles. The molecule has 0 fully saturated rings. The van der Waals surface area contributed by atoms with Crippen molar-refractivity contribution in [3.05, 3.63) is 15.6 Å². The molecule has 2 N–H and O–H groups in total. The Morgan fingerprint density at radius 2 is 2.07 bits per heavy atom. The molecule has 86 valence electrons. The van der Waals surface area contributed by atoms with E-state index < -0.39 is 11.7 Å². The van der Waals surface area contributed by atoms with Crippen LogP contribution in [0.4, 0.5) is 0 Å². The van der Waals surface area contributed by atoms with E-state index in [4.69, 9.17) is 0 Å². The SMILES string of the molecule is CCC(C)(O)C(O)Cc1nc(C)c(C)s1. The van der Waals surface area contributed by atoms with Crippen molar-refractivity contribution in [1.29, 1.82) is 0 Å². The van der Waals surface area contributed by atoms with Crippen LogP contribution in [-0.2, 0) is 6.42 Å². The lowest BCUT2D eigenvalue weighted by Crippen LogP contribution is -2.39. The van der Waals surface area contributed by atoms with Crippen molar-refractivity contribution in [3.8, 4) is 0 Å². The van der Waals surface area contributed by atoms with Crippen LogP contribution in [-0.4, -0.2) is 26.9 Å². The number of thiazole rings is 1. The van der Waals surface area contributed by atoms with Gasteiger partial charge in [-0.1, -0.05) is 6.92 Å². The van der Waals surface area contributed by atoms with Crippen molar-refractivity contribution in [2.75, 3.05) is 0 Å². The highest BCUT2D eigenvalue weighted by Crippen LogP contribution is 2.22. The maximum Gasteiger partial charge on any atom is 0.0957 e. The average Bonchev–Trinajstić information content (AvgIpc) is 2.46. The van der Waals surface area contributed by atoms with Gasteiger partial charge in [0.15, 0.2) is 0 Å². The van der Waals surface area contributed by atoms with E-state index in [0.717, 1.165) is 10.7 Å². The Morgan fingerprint density at radius 3 is 2.47 bits per heavy atom. The number of aromatic nitrogens is 1. The van der Waals surface area contributed by atoms with Gasteiger partial charge in [0.2, 0.25) is 0 Å². The predicted octanol–water partition coefficient (Wildman–Crippen LogP) is 1.82. The molecule has 0 amide bonds. The number of aryl methyl sites for hydroxylation is 2. The van der Waals surface area contributed by atoms with Crippen LogP contribution in [0.1, 0.15) is 35.8 Å². The van der Waals surface area contributed by atoms with Crippen molar-refractivity contribution in [3.63, 3.8) is 0 Å². The Morgan fingerprint density at radius 1 is 1.47 bits per heavy atom. The minimum absolute atomic E-state index is 0.431. The molecule has 2 unspecified atom stereocenters. The molecule has 1 heterocycles. The number of aliphatic hydroxyl groups excluding tert-OH is 1. The zero-order valence-corrected chi connectivity index (χ0v) is 10.6. The Kier molecular flexibility index (Phi) is 3.87. The van der Waals surface area contributed by atoms with Gasteiger partial charge in [-0.15, -0.1) is 11.3 Å². The molecule has 0 radical (unpaired) electrons. The molecule has 0 aliphatic carbocycles. The third-order valence-electron chi connectivity index (χ3n) is 2.87. The summed E-state index contributed by atoms with van der Waals surface area (Å²) in [7, 11) is 0. The highest BCUT2D eigenvalue weighted by Gasteiger charge is 2.29. The van der Waals surface area contributed by atoms with Crippen LogP contribution in [0.2, 0.25) is 0 Å². The highest BCUT2D eigenvalue weighted by molar-refractivity contribution is 7.11. The fraction of sp³-hybridized carbons (Fsp3) is 0.727. The Bertz CT molecular complexity index is 314. The van der Waals surface area contributed by atoms with Crippen molar-refractivity contribution in [2.45, 2.75) is 52.2 Å². The lowest BCUT2D eigenvalue weighted by atomic mass is 9.94. The fourth-order valence-corrected chi connectivity index (χ4v) is 2.22. The standard InChI is InChI=1S/C11H19NO2S/c1-5-11(4,14)9(13)6-10-12-7(2)8(3)15-10/h9,13-14H,5-6H2,1-4H3. The largest absolute Gasteiger partial charge is 0.390 e. The smallest absolute Gasteiger partial charge is 0.0957 e. The molecule has 0 spiro atoms. The molecule has 0 saturated heterocycles. The van der Waals surface area contributed by atoms with Crippen LogP contribution in [0.3, 0.4) is 0 Å². The number of hydrogen-bond acceptors (Lipinski definition) is 4. The van der Waals surface area contributed by atoms with Crippen molar-refractivity contribution in [2.24, 2.45) is 0 Å². The quantitative estimate of drug-likeness (QED) is 0.828. The second-order valence-corrected chi connectivity index (χ2v) is 5.47. The van der Waals surface area contributed by atoms with Gasteiger partial charge in [-0.2, -0.15) is 0 Å². The van der Waals surface area contributed by atoms with Crippen molar-refractivity contribution < 1.29 is 10.2 Å². The Labute approximate surface area is 94.8 Å². The van der Waals surface area contributed by atoms with Gasteiger partial charge in [0, 0.05) is 11.3 Å². The van der Waals surface area contributed by atoms with E-state index in [0.29, 0.717) is 12.8 Å². The number of aliphatic hydroxyl groups is 2.